The van der Waals surface area contributed by atoms with Crippen molar-refractivity contribution in [2.75, 3.05) is 0 Å². The number of rotatable bonds is 4. The van der Waals surface area contributed by atoms with Gasteiger partial charge >= 0.3 is 5.97 Å². The maximum atomic E-state index is 10.6. The van der Waals surface area contributed by atoms with Crippen LogP contribution in [0.25, 0.3) is 0 Å². The molecule has 0 aromatic rings. The Hall–Kier alpha value is -0.830. The van der Waals surface area contributed by atoms with Gasteiger partial charge in [0.15, 0.2) is 0 Å². The third-order valence-electron chi connectivity index (χ3n) is 3.01. The second-order valence-corrected chi connectivity index (χ2v) is 3.97. The van der Waals surface area contributed by atoms with Gasteiger partial charge < -0.3 is 10.2 Å². The monoisotopic (exact) mass is 198 g/mol. The highest BCUT2D eigenvalue weighted by Crippen LogP contribution is 2.36. The third-order valence-corrected chi connectivity index (χ3v) is 3.01. The van der Waals surface area contributed by atoms with E-state index in [-0.39, 0.29) is 24.4 Å². The fourth-order valence-corrected chi connectivity index (χ4v) is 2.25. The van der Waals surface area contributed by atoms with Crippen molar-refractivity contribution in [1.82, 2.24) is 0 Å². The Labute approximate surface area is 84.4 Å². The van der Waals surface area contributed by atoms with Gasteiger partial charge in [-0.05, 0) is 38.0 Å². The molecule has 3 heteroatoms. The Morgan fingerprint density at radius 1 is 1.50 bits per heavy atom. The van der Waals surface area contributed by atoms with E-state index in [4.69, 9.17) is 5.11 Å². The van der Waals surface area contributed by atoms with E-state index in [1.807, 2.05) is 19.1 Å². The zero-order valence-corrected chi connectivity index (χ0v) is 8.52. The first-order valence-electron chi connectivity index (χ1n) is 5.16. The molecule has 1 unspecified atom stereocenters. The SMILES string of the molecule is CC=CC[C@@H]1C(O)CC[C@H]1CC(=O)O. The van der Waals surface area contributed by atoms with Crippen LogP contribution in [0, 0.1) is 11.8 Å². The minimum atomic E-state index is -0.755. The highest BCUT2D eigenvalue weighted by Gasteiger charge is 2.34. The lowest BCUT2D eigenvalue weighted by molar-refractivity contribution is -0.138. The van der Waals surface area contributed by atoms with Gasteiger partial charge in [0.1, 0.15) is 0 Å². The lowest BCUT2D eigenvalue weighted by Crippen LogP contribution is -2.20. The molecule has 3 nitrogen and oxygen atoms in total. The number of hydrogen-bond donors (Lipinski definition) is 2. The fourth-order valence-electron chi connectivity index (χ4n) is 2.25. The van der Waals surface area contributed by atoms with Crippen LogP contribution >= 0.6 is 0 Å². The molecular weight excluding hydrogens is 180 g/mol. The molecule has 0 heterocycles. The zero-order chi connectivity index (χ0) is 10.6. The summed E-state index contributed by atoms with van der Waals surface area (Å²) >= 11 is 0. The summed E-state index contributed by atoms with van der Waals surface area (Å²) in [5, 5.41) is 18.4. The van der Waals surface area contributed by atoms with E-state index < -0.39 is 5.97 Å². The van der Waals surface area contributed by atoms with Crippen molar-refractivity contribution in [3.8, 4) is 0 Å². The number of aliphatic hydroxyl groups is 1. The lowest BCUT2D eigenvalue weighted by Gasteiger charge is -2.18. The van der Waals surface area contributed by atoms with Crippen molar-refractivity contribution in [2.24, 2.45) is 11.8 Å². The normalized spacial score (nSPS) is 32.6. The van der Waals surface area contributed by atoms with Gasteiger partial charge in [-0.25, -0.2) is 0 Å². The molecule has 1 saturated carbocycles. The van der Waals surface area contributed by atoms with Gasteiger partial charge in [-0.2, -0.15) is 0 Å². The minimum absolute atomic E-state index is 0.141. The summed E-state index contributed by atoms with van der Waals surface area (Å²) in [6.07, 6.45) is 6.23. The highest BCUT2D eigenvalue weighted by atomic mass is 16.4. The van der Waals surface area contributed by atoms with E-state index in [1.54, 1.807) is 0 Å². The van der Waals surface area contributed by atoms with E-state index in [2.05, 4.69) is 0 Å². The Bertz CT molecular complexity index is 223. The van der Waals surface area contributed by atoms with Gasteiger partial charge in [0.05, 0.1) is 6.10 Å². The number of carboxylic acid groups (broad SMARTS) is 1. The van der Waals surface area contributed by atoms with Crippen molar-refractivity contribution in [3.05, 3.63) is 12.2 Å². The predicted molar refractivity (Wildman–Crippen MR) is 53.9 cm³/mol. The van der Waals surface area contributed by atoms with Gasteiger partial charge in [-0.3, -0.25) is 4.79 Å². The van der Waals surface area contributed by atoms with Crippen LogP contribution in [0.2, 0.25) is 0 Å². The molecular formula is C11H18O3. The molecule has 14 heavy (non-hydrogen) atoms. The maximum absolute atomic E-state index is 10.6. The lowest BCUT2D eigenvalue weighted by atomic mass is 9.89. The van der Waals surface area contributed by atoms with Gasteiger partial charge in [-0.1, -0.05) is 12.2 Å². The quantitative estimate of drug-likeness (QED) is 0.677. The molecule has 0 aliphatic heterocycles. The molecule has 3 atom stereocenters. The molecule has 0 spiro atoms. The highest BCUT2D eigenvalue weighted by molar-refractivity contribution is 5.67. The number of aliphatic hydroxyl groups excluding tert-OH is 1. The summed E-state index contributed by atoms with van der Waals surface area (Å²) in [5.41, 5.74) is 0. The Kier molecular flexibility index (Phi) is 4.14. The summed E-state index contributed by atoms with van der Waals surface area (Å²) in [6.45, 7) is 1.94. The molecule has 1 aliphatic rings. The molecule has 0 aromatic heterocycles. The zero-order valence-electron chi connectivity index (χ0n) is 8.52. The van der Waals surface area contributed by atoms with Gasteiger partial charge in [0, 0.05) is 6.42 Å². The molecule has 0 bridgehead atoms. The van der Waals surface area contributed by atoms with Crippen LogP contribution < -0.4 is 0 Å². The summed E-state index contributed by atoms with van der Waals surface area (Å²) < 4.78 is 0. The van der Waals surface area contributed by atoms with Crippen LogP contribution in [0.15, 0.2) is 12.2 Å². The number of carbonyl (C=O) groups is 1. The Morgan fingerprint density at radius 2 is 2.21 bits per heavy atom. The molecule has 1 aliphatic carbocycles. The first kappa shape index (κ1) is 11.2. The predicted octanol–water partition coefficient (Wildman–Crippen LogP) is 1.81. The van der Waals surface area contributed by atoms with Gasteiger partial charge in [-0.15, -0.1) is 0 Å². The average molecular weight is 198 g/mol. The van der Waals surface area contributed by atoms with Crippen molar-refractivity contribution in [2.45, 2.75) is 38.7 Å². The Balaban J connectivity index is 2.52. The van der Waals surface area contributed by atoms with Gasteiger partial charge in [0.25, 0.3) is 0 Å². The van der Waals surface area contributed by atoms with E-state index >= 15 is 0 Å². The number of aliphatic carboxylic acids is 1. The van der Waals surface area contributed by atoms with E-state index in [9.17, 15) is 9.90 Å². The summed E-state index contributed by atoms with van der Waals surface area (Å²) in [6, 6.07) is 0. The average Bonchev–Trinajstić information content (AvgIpc) is 2.44. The molecule has 0 aromatic carbocycles. The third kappa shape index (κ3) is 2.84. The summed E-state index contributed by atoms with van der Waals surface area (Å²) in [5.74, 6) is -0.462. The maximum Gasteiger partial charge on any atom is 0.303 e. The standard InChI is InChI=1S/C11H18O3/c1-2-3-4-9-8(7-11(13)14)5-6-10(9)12/h2-3,8-10,12H,4-7H2,1H3,(H,13,14)/t8-,9-,10?/m0/s1. The number of allylic oxidation sites excluding steroid dienone is 2. The molecule has 1 fully saturated rings. The largest absolute Gasteiger partial charge is 0.481 e. The molecule has 2 N–H and O–H groups in total. The van der Waals surface area contributed by atoms with Crippen molar-refractivity contribution in [1.29, 1.82) is 0 Å². The first-order chi connectivity index (χ1) is 6.65. The minimum Gasteiger partial charge on any atom is -0.481 e. The van der Waals surface area contributed by atoms with E-state index in [1.165, 1.54) is 0 Å². The summed E-state index contributed by atoms with van der Waals surface area (Å²) in [4.78, 5) is 10.6. The smallest absolute Gasteiger partial charge is 0.303 e. The first-order valence-corrected chi connectivity index (χ1v) is 5.16. The number of hydrogen-bond acceptors (Lipinski definition) is 2. The molecule has 0 radical (unpaired) electrons. The van der Waals surface area contributed by atoms with Crippen molar-refractivity contribution >= 4 is 5.97 Å². The van der Waals surface area contributed by atoms with Crippen LogP contribution in [0.5, 0.6) is 0 Å². The van der Waals surface area contributed by atoms with E-state index in [0.717, 1.165) is 19.3 Å². The second kappa shape index (κ2) is 5.15. The van der Waals surface area contributed by atoms with Crippen molar-refractivity contribution < 1.29 is 15.0 Å². The topological polar surface area (TPSA) is 57.5 Å². The van der Waals surface area contributed by atoms with Gasteiger partial charge in [0.2, 0.25) is 0 Å². The van der Waals surface area contributed by atoms with E-state index in [0.29, 0.717) is 0 Å². The van der Waals surface area contributed by atoms with Crippen LogP contribution in [0.1, 0.15) is 32.6 Å². The Morgan fingerprint density at radius 3 is 2.79 bits per heavy atom. The molecule has 0 amide bonds. The molecule has 80 valence electrons. The number of carboxylic acids is 1. The molecule has 0 saturated heterocycles. The summed E-state index contributed by atoms with van der Waals surface area (Å²) in [7, 11) is 0. The van der Waals surface area contributed by atoms with Crippen LogP contribution in [0.4, 0.5) is 0 Å². The second-order valence-electron chi connectivity index (χ2n) is 3.97. The van der Waals surface area contributed by atoms with Crippen molar-refractivity contribution in [3.63, 3.8) is 0 Å². The van der Waals surface area contributed by atoms with Crippen LogP contribution in [0.3, 0.4) is 0 Å². The fraction of sp³-hybridized carbons (Fsp3) is 0.727. The molecule has 1 rings (SSSR count). The van der Waals surface area contributed by atoms with Crippen LogP contribution in [-0.4, -0.2) is 22.3 Å². The van der Waals surface area contributed by atoms with Crippen LogP contribution in [-0.2, 0) is 4.79 Å².